The van der Waals surface area contributed by atoms with Crippen molar-refractivity contribution < 1.29 is 4.74 Å². The summed E-state index contributed by atoms with van der Waals surface area (Å²) in [4.78, 5) is 4.39. The van der Waals surface area contributed by atoms with Gasteiger partial charge in [-0.3, -0.25) is 4.98 Å². The van der Waals surface area contributed by atoms with E-state index in [1.54, 1.807) is 0 Å². The zero-order valence-electron chi connectivity index (χ0n) is 8.54. The zero-order valence-corrected chi connectivity index (χ0v) is 12.3. The molecule has 1 aromatic rings. The maximum atomic E-state index is 6.04. The van der Waals surface area contributed by atoms with Crippen LogP contribution in [0.25, 0.3) is 0 Å². The van der Waals surface area contributed by atoms with Gasteiger partial charge in [-0.2, -0.15) is 0 Å². The molecule has 1 aliphatic rings. The molecule has 82 valence electrons. The standard InChI is InChI=1S/C11H13BrINO/c1-11(7-13)5-4-10(15-11)9-3-2-8(12)6-14-9/h2-3,6,10H,4-5,7H2,1H3. The van der Waals surface area contributed by atoms with Gasteiger partial charge in [-0.15, -0.1) is 0 Å². The second kappa shape index (κ2) is 4.67. The molecule has 0 N–H and O–H groups in total. The minimum atomic E-state index is 0.0416. The third-order valence-corrected chi connectivity index (χ3v) is 4.81. The maximum absolute atomic E-state index is 6.04. The summed E-state index contributed by atoms with van der Waals surface area (Å²) in [6.07, 6.45) is 4.21. The summed E-state index contributed by atoms with van der Waals surface area (Å²) >= 11 is 5.77. The molecule has 0 spiro atoms. The lowest BCUT2D eigenvalue weighted by atomic mass is 10.0. The molecule has 0 bridgehead atoms. The Labute approximate surface area is 112 Å². The van der Waals surface area contributed by atoms with Gasteiger partial charge in [0.25, 0.3) is 0 Å². The van der Waals surface area contributed by atoms with Crippen LogP contribution in [-0.4, -0.2) is 15.0 Å². The highest BCUT2D eigenvalue weighted by Crippen LogP contribution is 2.39. The Kier molecular flexibility index (Phi) is 3.67. The SMILES string of the molecule is CC1(CI)CCC(c2ccc(Br)cn2)O1. The molecule has 0 aromatic carbocycles. The highest BCUT2D eigenvalue weighted by molar-refractivity contribution is 14.1. The minimum absolute atomic E-state index is 0.0416. The van der Waals surface area contributed by atoms with E-state index in [9.17, 15) is 0 Å². The summed E-state index contributed by atoms with van der Waals surface area (Å²) < 4.78 is 8.09. The van der Waals surface area contributed by atoms with Crippen LogP contribution in [0.4, 0.5) is 0 Å². The van der Waals surface area contributed by atoms with Crippen LogP contribution >= 0.6 is 38.5 Å². The summed E-state index contributed by atoms with van der Waals surface area (Å²) in [7, 11) is 0. The second-order valence-electron chi connectivity index (χ2n) is 4.13. The summed E-state index contributed by atoms with van der Waals surface area (Å²) in [5.74, 6) is 0. The molecule has 0 amide bonds. The first kappa shape index (κ1) is 11.8. The topological polar surface area (TPSA) is 22.1 Å². The molecule has 1 saturated heterocycles. The molecular weight excluding hydrogens is 369 g/mol. The Morgan fingerprint density at radius 3 is 3.00 bits per heavy atom. The number of halogens is 2. The van der Waals surface area contributed by atoms with Crippen molar-refractivity contribution in [2.24, 2.45) is 0 Å². The van der Waals surface area contributed by atoms with Gasteiger partial charge in [0.15, 0.2) is 0 Å². The maximum Gasteiger partial charge on any atom is 0.100 e. The van der Waals surface area contributed by atoms with Crippen molar-refractivity contribution in [3.63, 3.8) is 0 Å². The van der Waals surface area contributed by atoms with E-state index in [0.717, 1.165) is 27.4 Å². The van der Waals surface area contributed by atoms with E-state index in [1.807, 2.05) is 18.3 Å². The van der Waals surface area contributed by atoms with Gasteiger partial charge in [0, 0.05) is 15.1 Å². The number of alkyl halides is 1. The molecule has 2 rings (SSSR count). The number of ether oxygens (including phenoxy) is 1. The van der Waals surface area contributed by atoms with E-state index in [4.69, 9.17) is 4.74 Å². The number of hydrogen-bond donors (Lipinski definition) is 0. The highest BCUT2D eigenvalue weighted by atomic mass is 127. The molecule has 4 heteroatoms. The Morgan fingerprint density at radius 2 is 2.47 bits per heavy atom. The van der Waals surface area contributed by atoms with Crippen LogP contribution in [0.1, 0.15) is 31.6 Å². The lowest BCUT2D eigenvalue weighted by Crippen LogP contribution is -2.25. The van der Waals surface area contributed by atoms with Crippen LogP contribution in [-0.2, 0) is 4.74 Å². The molecule has 0 radical (unpaired) electrons. The summed E-state index contributed by atoms with van der Waals surface area (Å²) in [6, 6.07) is 4.05. The van der Waals surface area contributed by atoms with Crippen LogP contribution < -0.4 is 0 Å². The number of hydrogen-bond acceptors (Lipinski definition) is 2. The van der Waals surface area contributed by atoms with E-state index >= 15 is 0 Å². The van der Waals surface area contributed by atoms with Gasteiger partial charge in [-0.25, -0.2) is 0 Å². The number of aromatic nitrogens is 1. The van der Waals surface area contributed by atoms with Crippen LogP contribution in [0.2, 0.25) is 0 Å². The van der Waals surface area contributed by atoms with Crippen molar-refractivity contribution >= 4 is 38.5 Å². The molecule has 0 saturated carbocycles. The summed E-state index contributed by atoms with van der Waals surface area (Å²) in [6.45, 7) is 2.18. The molecule has 1 aromatic heterocycles. The normalized spacial score (nSPS) is 30.7. The van der Waals surface area contributed by atoms with Gasteiger partial charge >= 0.3 is 0 Å². The molecule has 1 aliphatic heterocycles. The molecule has 2 unspecified atom stereocenters. The first-order chi connectivity index (χ1) is 7.13. The van der Waals surface area contributed by atoms with Crippen molar-refractivity contribution in [2.75, 3.05) is 4.43 Å². The van der Waals surface area contributed by atoms with Crippen molar-refractivity contribution in [1.29, 1.82) is 0 Å². The number of rotatable bonds is 2. The van der Waals surface area contributed by atoms with Gasteiger partial charge < -0.3 is 4.74 Å². The molecule has 2 heterocycles. The van der Waals surface area contributed by atoms with E-state index in [0.29, 0.717) is 0 Å². The van der Waals surface area contributed by atoms with E-state index in [-0.39, 0.29) is 11.7 Å². The van der Waals surface area contributed by atoms with Gasteiger partial charge in [-0.05, 0) is 47.8 Å². The lowest BCUT2D eigenvalue weighted by Gasteiger charge is -2.21. The van der Waals surface area contributed by atoms with Crippen molar-refractivity contribution in [1.82, 2.24) is 4.98 Å². The Balaban J connectivity index is 2.11. The summed E-state index contributed by atoms with van der Waals surface area (Å²) in [5.41, 5.74) is 1.09. The summed E-state index contributed by atoms with van der Waals surface area (Å²) in [5, 5.41) is 0. The Morgan fingerprint density at radius 1 is 1.67 bits per heavy atom. The van der Waals surface area contributed by atoms with Crippen LogP contribution in [0.3, 0.4) is 0 Å². The fourth-order valence-corrected chi connectivity index (χ4v) is 2.58. The fourth-order valence-electron chi connectivity index (χ4n) is 1.78. The van der Waals surface area contributed by atoms with E-state index in [1.165, 1.54) is 0 Å². The van der Waals surface area contributed by atoms with Gasteiger partial charge in [0.1, 0.15) is 6.10 Å². The molecule has 0 aliphatic carbocycles. The van der Waals surface area contributed by atoms with Crippen molar-refractivity contribution in [2.45, 2.75) is 31.5 Å². The third kappa shape index (κ3) is 2.71. The van der Waals surface area contributed by atoms with Gasteiger partial charge in [0.2, 0.25) is 0 Å². The number of nitrogens with zero attached hydrogens (tertiary/aromatic N) is 1. The Hall–Kier alpha value is 0.320. The Bertz CT molecular complexity index is 343. The van der Waals surface area contributed by atoms with Crippen LogP contribution in [0.15, 0.2) is 22.8 Å². The van der Waals surface area contributed by atoms with E-state index in [2.05, 4.69) is 50.4 Å². The first-order valence-corrected chi connectivity index (χ1v) is 7.30. The largest absolute Gasteiger partial charge is 0.365 e. The van der Waals surface area contributed by atoms with Crippen LogP contribution in [0, 0.1) is 0 Å². The highest BCUT2D eigenvalue weighted by Gasteiger charge is 2.36. The minimum Gasteiger partial charge on any atom is -0.365 e. The molecule has 2 nitrogen and oxygen atoms in total. The lowest BCUT2D eigenvalue weighted by molar-refractivity contribution is -0.0127. The zero-order chi connectivity index (χ0) is 10.9. The van der Waals surface area contributed by atoms with Gasteiger partial charge in [-0.1, -0.05) is 22.6 Å². The third-order valence-electron chi connectivity index (χ3n) is 2.72. The predicted molar refractivity (Wildman–Crippen MR) is 72.3 cm³/mol. The first-order valence-electron chi connectivity index (χ1n) is 4.98. The number of pyridine rings is 1. The van der Waals surface area contributed by atoms with Crippen molar-refractivity contribution in [3.8, 4) is 0 Å². The molecule has 2 atom stereocenters. The fraction of sp³-hybridized carbons (Fsp3) is 0.545. The van der Waals surface area contributed by atoms with E-state index < -0.39 is 0 Å². The van der Waals surface area contributed by atoms with Gasteiger partial charge in [0.05, 0.1) is 11.3 Å². The van der Waals surface area contributed by atoms with Crippen molar-refractivity contribution in [3.05, 3.63) is 28.5 Å². The molecule has 15 heavy (non-hydrogen) atoms. The smallest absolute Gasteiger partial charge is 0.100 e. The van der Waals surface area contributed by atoms with Crippen LogP contribution in [0.5, 0.6) is 0 Å². The average Bonchev–Trinajstić information content (AvgIpc) is 2.63. The molecular formula is C11H13BrINO. The second-order valence-corrected chi connectivity index (χ2v) is 5.81. The average molecular weight is 382 g/mol. The quantitative estimate of drug-likeness (QED) is 0.572. The predicted octanol–water partition coefficient (Wildman–Crippen LogP) is 3.89. The molecule has 1 fully saturated rings. The monoisotopic (exact) mass is 381 g/mol.